The molecular weight excluding hydrogens is 421 g/mol. The molecule has 5 heteroatoms. The zero-order valence-corrected chi connectivity index (χ0v) is 13.8. The Balaban J connectivity index is 2.31. The molecule has 2 aromatic rings. The smallest absolute Gasteiger partial charge is 0.335 e. The minimum Gasteiger partial charge on any atom is -0.478 e. The van der Waals surface area contributed by atoms with E-state index < -0.39 is 5.97 Å². The average molecular weight is 432 g/mol. The lowest BCUT2D eigenvalue weighted by atomic mass is 10.1. The SMILES string of the molecule is Cc1cc(C(=O)O)ccc1Nc1ccc(I)cc1Br. The van der Waals surface area contributed by atoms with E-state index >= 15 is 0 Å². The number of halogens is 2. The van der Waals surface area contributed by atoms with Gasteiger partial charge in [0.2, 0.25) is 0 Å². The summed E-state index contributed by atoms with van der Waals surface area (Å²) < 4.78 is 2.12. The van der Waals surface area contributed by atoms with Crippen LogP contribution in [0.25, 0.3) is 0 Å². The first kappa shape index (κ1) is 14.3. The number of rotatable bonds is 3. The quantitative estimate of drug-likeness (QED) is 0.686. The second kappa shape index (κ2) is 5.92. The third kappa shape index (κ3) is 3.48. The fraction of sp³-hybridized carbons (Fsp3) is 0.0714. The Bertz CT molecular complexity index is 643. The first-order valence-corrected chi connectivity index (χ1v) is 7.40. The van der Waals surface area contributed by atoms with Gasteiger partial charge in [0.1, 0.15) is 0 Å². The number of nitrogens with one attached hydrogen (secondary N) is 1. The van der Waals surface area contributed by atoms with E-state index in [0.717, 1.165) is 25.0 Å². The summed E-state index contributed by atoms with van der Waals surface area (Å²) in [6, 6.07) is 11.0. The fourth-order valence-electron chi connectivity index (χ4n) is 1.67. The lowest BCUT2D eigenvalue weighted by Gasteiger charge is -2.12. The molecule has 0 fully saturated rings. The fourth-order valence-corrected chi connectivity index (χ4v) is 3.07. The second-order valence-electron chi connectivity index (χ2n) is 4.08. The highest BCUT2D eigenvalue weighted by molar-refractivity contribution is 14.1. The van der Waals surface area contributed by atoms with Gasteiger partial charge in [-0.25, -0.2) is 4.79 Å². The van der Waals surface area contributed by atoms with Crippen molar-refractivity contribution < 1.29 is 9.90 Å². The van der Waals surface area contributed by atoms with Crippen LogP contribution in [0, 0.1) is 10.5 Å². The number of aromatic carboxylic acids is 1. The minimum absolute atomic E-state index is 0.296. The molecule has 0 saturated heterocycles. The van der Waals surface area contributed by atoms with Crippen molar-refractivity contribution in [2.45, 2.75) is 6.92 Å². The maximum absolute atomic E-state index is 10.9. The Morgan fingerprint density at radius 2 is 1.89 bits per heavy atom. The maximum Gasteiger partial charge on any atom is 0.335 e. The van der Waals surface area contributed by atoms with Gasteiger partial charge in [-0.1, -0.05) is 0 Å². The van der Waals surface area contributed by atoms with Crippen LogP contribution in [0.15, 0.2) is 40.9 Å². The molecule has 0 radical (unpaired) electrons. The molecule has 0 spiro atoms. The number of aryl methyl sites for hydroxylation is 1. The van der Waals surface area contributed by atoms with Crippen molar-refractivity contribution in [3.05, 3.63) is 55.6 Å². The summed E-state index contributed by atoms with van der Waals surface area (Å²) in [5.74, 6) is -0.912. The van der Waals surface area contributed by atoms with E-state index in [2.05, 4.69) is 43.8 Å². The Morgan fingerprint density at radius 1 is 1.21 bits per heavy atom. The standard InChI is InChI=1S/C14H11BrINO2/c1-8-6-9(14(18)19)2-4-12(8)17-13-5-3-10(16)7-11(13)15/h2-7,17H,1H3,(H,18,19). The van der Waals surface area contributed by atoms with Crippen molar-refractivity contribution >= 4 is 55.9 Å². The van der Waals surface area contributed by atoms with Gasteiger partial charge in [-0.3, -0.25) is 0 Å². The van der Waals surface area contributed by atoms with Gasteiger partial charge in [0.05, 0.1) is 11.3 Å². The van der Waals surface area contributed by atoms with Crippen LogP contribution >= 0.6 is 38.5 Å². The van der Waals surface area contributed by atoms with Gasteiger partial charge in [-0.05, 0) is 87.4 Å². The molecule has 2 aromatic carbocycles. The molecule has 0 atom stereocenters. The highest BCUT2D eigenvalue weighted by Crippen LogP contribution is 2.29. The number of hydrogen-bond donors (Lipinski definition) is 2. The molecule has 0 heterocycles. The monoisotopic (exact) mass is 431 g/mol. The van der Waals surface area contributed by atoms with Crippen LogP contribution < -0.4 is 5.32 Å². The Kier molecular flexibility index (Phi) is 4.46. The largest absolute Gasteiger partial charge is 0.478 e. The van der Waals surface area contributed by atoms with E-state index in [-0.39, 0.29) is 0 Å². The van der Waals surface area contributed by atoms with Gasteiger partial charge < -0.3 is 10.4 Å². The highest BCUT2D eigenvalue weighted by Gasteiger charge is 2.07. The number of carbonyl (C=O) groups is 1. The van der Waals surface area contributed by atoms with Gasteiger partial charge >= 0.3 is 5.97 Å². The third-order valence-corrected chi connectivity index (χ3v) is 4.00. The van der Waals surface area contributed by atoms with Crippen LogP contribution in [0.2, 0.25) is 0 Å². The van der Waals surface area contributed by atoms with Gasteiger partial charge in [0.25, 0.3) is 0 Å². The molecule has 0 bridgehead atoms. The lowest BCUT2D eigenvalue weighted by Crippen LogP contribution is -1.99. The molecule has 0 amide bonds. The van der Waals surface area contributed by atoms with Crippen LogP contribution in [0.3, 0.4) is 0 Å². The molecule has 0 aromatic heterocycles. The van der Waals surface area contributed by atoms with Gasteiger partial charge in [0, 0.05) is 13.7 Å². The van der Waals surface area contributed by atoms with E-state index in [1.165, 1.54) is 0 Å². The molecule has 2 rings (SSSR count). The minimum atomic E-state index is -0.912. The third-order valence-electron chi connectivity index (χ3n) is 2.67. The van der Waals surface area contributed by atoms with Crippen LogP contribution in [0.4, 0.5) is 11.4 Å². The first-order chi connectivity index (χ1) is 8.97. The van der Waals surface area contributed by atoms with E-state index in [0.29, 0.717) is 5.56 Å². The van der Waals surface area contributed by atoms with Crippen molar-refractivity contribution in [2.75, 3.05) is 5.32 Å². The van der Waals surface area contributed by atoms with Gasteiger partial charge in [-0.15, -0.1) is 0 Å². The summed E-state index contributed by atoms with van der Waals surface area (Å²) in [5.41, 5.74) is 3.04. The van der Waals surface area contributed by atoms with Crippen LogP contribution in [0.5, 0.6) is 0 Å². The molecule has 3 nitrogen and oxygen atoms in total. The molecule has 0 unspecified atom stereocenters. The topological polar surface area (TPSA) is 49.3 Å². The molecule has 0 aliphatic rings. The van der Waals surface area contributed by atoms with E-state index in [1.54, 1.807) is 18.2 Å². The summed E-state index contributed by atoms with van der Waals surface area (Å²) in [4.78, 5) is 10.9. The van der Waals surface area contributed by atoms with Crippen LogP contribution in [-0.2, 0) is 0 Å². The summed E-state index contributed by atoms with van der Waals surface area (Å²) >= 11 is 5.75. The van der Waals surface area contributed by atoms with Gasteiger partial charge in [0.15, 0.2) is 0 Å². The number of hydrogen-bond acceptors (Lipinski definition) is 2. The predicted octanol–water partition coefficient (Wildman–Crippen LogP) is 4.80. The molecule has 98 valence electrons. The Labute approximate surface area is 133 Å². The Hall–Kier alpha value is -1.08. The van der Waals surface area contributed by atoms with Crippen molar-refractivity contribution in [1.82, 2.24) is 0 Å². The zero-order valence-electron chi connectivity index (χ0n) is 10.1. The highest BCUT2D eigenvalue weighted by atomic mass is 127. The second-order valence-corrected chi connectivity index (χ2v) is 6.18. The van der Waals surface area contributed by atoms with Crippen molar-refractivity contribution in [2.24, 2.45) is 0 Å². The summed E-state index contributed by atoms with van der Waals surface area (Å²) in [6.45, 7) is 1.88. The van der Waals surface area contributed by atoms with Crippen molar-refractivity contribution in [3.8, 4) is 0 Å². The van der Waals surface area contributed by atoms with Crippen LogP contribution in [0.1, 0.15) is 15.9 Å². The van der Waals surface area contributed by atoms with E-state index in [9.17, 15) is 4.79 Å². The van der Waals surface area contributed by atoms with Crippen LogP contribution in [-0.4, -0.2) is 11.1 Å². The predicted molar refractivity (Wildman–Crippen MR) is 88.3 cm³/mol. The van der Waals surface area contributed by atoms with E-state index in [4.69, 9.17) is 5.11 Å². The van der Waals surface area contributed by atoms with Gasteiger partial charge in [-0.2, -0.15) is 0 Å². The summed E-state index contributed by atoms with van der Waals surface area (Å²) in [6.07, 6.45) is 0. The Morgan fingerprint density at radius 3 is 2.47 bits per heavy atom. The molecule has 0 saturated carbocycles. The van der Waals surface area contributed by atoms with E-state index in [1.807, 2.05) is 25.1 Å². The number of carboxylic acids is 1. The maximum atomic E-state index is 10.9. The number of anilines is 2. The molecule has 19 heavy (non-hydrogen) atoms. The molecular formula is C14H11BrINO2. The first-order valence-electron chi connectivity index (χ1n) is 5.53. The number of benzene rings is 2. The number of carboxylic acid groups (broad SMARTS) is 1. The van der Waals surface area contributed by atoms with Crippen molar-refractivity contribution in [3.63, 3.8) is 0 Å². The zero-order chi connectivity index (χ0) is 14.0. The molecule has 2 N–H and O–H groups in total. The average Bonchev–Trinajstić information content (AvgIpc) is 2.34. The summed E-state index contributed by atoms with van der Waals surface area (Å²) in [7, 11) is 0. The molecule has 0 aliphatic carbocycles. The normalized spacial score (nSPS) is 10.3. The summed E-state index contributed by atoms with van der Waals surface area (Å²) in [5, 5.41) is 12.2. The molecule has 0 aliphatic heterocycles. The van der Waals surface area contributed by atoms with Crippen molar-refractivity contribution in [1.29, 1.82) is 0 Å². The lowest BCUT2D eigenvalue weighted by molar-refractivity contribution is 0.0697.